The molecule has 13 heteroatoms. The summed E-state index contributed by atoms with van der Waals surface area (Å²) in [6.07, 6.45) is -14.3. The third-order valence-corrected chi connectivity index (χ3v) is 8.80. The zero-order valence-electron chi connectivity index (χ0n) is 20.3. The van der Waals surface area contributed by atoms with Crippen molar-refractivity contribution in [2.45, 2.75) is 36.7 Å². The van der Waals surface area contributed by atoms with Gasteiger partial charge in [-0.1, -0.05) is 36.4 Å². The SMILES string of the molecule is O=C(C[SiH](CC(=O)c1cccc(C(F)(F)F)c1)CC(=O)c1cccc(C(F)(F)F)c1)c1cccc(C(F)(F)F)c1. The van der Waals surface area contributed by atoms with E-state index in [9.17, 15) is 53.9 Å². The minimum Gasteiger partial charge on any atom is -0.295 e. The Morgan fingerprint density at radius 3 is 0.950 bits per heavy atom. The number of carbonyl (C=O) groups excluding carboxylic acids is 3. The molecule has 0 aliphatic rings. The summed E-state index contributed by atoms with van der Waals surface area (Å²) in [5.74, 6) is -2.51. The predicted molar refractivity (Wildman–Crippen MR) is 129 cm³/mol. The lowest BCUT2D eigenvalue weighted by molar-refractivity contribution is -0.138. The highest BCUT2D eigenvalue weighted by atomic mass is 28.3. The lowest BCUT2D eigenvalue weighted by atomic mass is 10.1. The number of rotatable bonds is 9. The van der Waals surface area contributed by atoms with Crippen molar-refractivity contribution >= 4 is 26.1 Å². The van der Waals surface area contributed by atoms with Crippen LogP contribution in [0.15, 0.2) is 72.8 Å². The molecule has 0 saturated heterocycles. The monoisotopic (exact) mass is 590 g/mol. The van der Waals surface area contributed by atoms with Crippen molar-refractivity contribution in [1.29, 1.82) is 0 Å². The van der Waals surface area contributed by atoms with E-state index in [0.717, 1.165) is 54.6 Å². The molecule has 0 radical (unpaired) electrons. The Balaban J connectivity index is 1.90. The number of ketones is 3. The third kappa shape index (κ3) is 8.13. The van der Waals surface area contributed by atoms with Crippen LogP contribution in [0.25, 0.3) is 0 Å². The quantitative estimate of drug-likeness (QED) is 0.145. The summed E-state index contributed by atoms with van der Waals surface area (Å²) in [7, 11) is -2.98. The molecule has 0 spiro atoms. The Morgan fingerprint density at radius 1 is 0.475 bits per heavy atom. The average Bonchev–Trinajstić information content (AvgIpc) is 2.87. The van der Waals surface area contributed by atoms with Crippen LogP contribution in [0.4, 0.5) is 39.5 Å². The van der Waals surface area contributed by atoms with Crippen LogP contribution >= 0.6 is 0 Å². The summed E-state index contributed by atoms with van der Waals surface area (Å²) in [6, 6.07) is 8.69. The van der Waals surface area contributed by atoms with E-state index in [1.165, 1.54) is 0 Å². The van der Waals surface area contributed by atoms with Gasteiger partial charge in [0.2, 0.25) is 0 Å². The van der Waals surface area contributed by atoms with Crippen molar-refractivity contribution in [3.63, 3.8) is 0 Å². The van der Waals surface area contributed by atoms with E-state index in [4.69, 9.17) is 0 Å². The zero-order chi connectivity index (χ0) is 29.9. The first-order chi connectivity index (χ1) is 18.4. The molecule has 0 aliphatic heterocycles. The Morgan fingerprint density at radius 2 is 0.725 bits per heavy atom. The van der Waals surface area contributed by atoms with E-state index in [2.05, 4.69) is 0 Å². The second kappa shape index (κ2) is 11.8. The summed E-state index contributed by atoms with van der Waals surface area (Å²) in [4.78, 5) is 38.7. The van der Waals surface area contributed by atoms with Crippen LogP contribution in [0.1, 0.15) is 47.8 Å². The van der Waals surface area contributed by atoms with E-state index < -0.39 is 79.5 Å². The first-order valence-electron chi connectivity index (χ1n) is 11.6. The zero-order valence-corrected chi connectivity index (χ0v) is 21.4. The number of halogens is 9. The van der Waals surface area contributed by atoms with Crippen LogP contribution in [-0.2, 0) is 18.5 Å². The largest absolute Gasteiger partial charge is 0.416 e. The Kier molecular flexibility index (Phi) is 9.07. The van der Waals surface area contributed by atoms with E-state index >= 15 is 0 Å². The maximum Gasteiger partial charge on any atom is 0.416 e. The van der Waals surface area contributed by atoms with E-state index in [1.807, 2.05) is 0 Å². The fourth-order valence-corrected chi connectivity index (χ4v) is 6.68. The summed E-state index contributed by atoms with van der Waals surface area (Å²) in [6.45, 7) is 0. The highest BCUT2D eigenvalue weighted by Crippen LogP contribution is 2.32. The van der Waals surface area contributed by atoms with Crippen molar-refractivity contribution in [3.05, 3.63) is 106 Å². The molecule has 212 valence electrons. The van der Waals surface area contributed by atoms with Crippen molar-refractivity contribution < 1.29 is 53.9 Å². The number of hydrogen-bond acceptors (Lipinski definition) is 3. The number of carbonyl (C=O) groups is 3. The van der Waals surface area contributed by atoms with Crippen LogP contribution in [0.5, 0.6) is 0 Å². The maximum absolute atomic E-state index is 13.1. The molecular weight excluding hydrogens is 571 g/mol. The predicted octanol–water partition coefficient (Wildman–Crippen LogP) is 7.92. The van der Waals surface area contributed by atoms with Crippen molar-refractivity contribution in [3.8, 4) is 0 Å². The lowest BCUT2D eigenvalue weighted by Gasteiger charge is -2.16. The normalized spacial score (nSPS) is 12.4. The molecule has 0 aliphatic carbocycles. The van der Waals surface area contributed by atoms with Gasteiger partial charge in [-0.15, -0.1) is 0 Å². The first-order valence-corrected chi connectivity index (χ1v) is 14.0. The van der Waals surface area contributed by atoms with Gasteiger partial charge in [-0.05, 0) is 36.4 Å². The smallest absolute Gasteiger partial charge is 0.295 e. The molecule has 0 fully saturated rings. The standard InChI is InChI=1S/C27H19F9O3Si/c28-25(29,30)19-7-1-4-16(10-19)22(37)13-40(14-23(38)17-5-2-8-20(11-17)26(31,32)33)15-24(39)18-6-3-9-21(12-18)27(34,35)36/h1-12,40H,13-15H2. The molecule has 0 aromatic heterocycles. The first kappa shape index (κ1) is 30.8. The second-order valence-corrected chi connectivity index (χ2v) is 11.9. The van der Waals surface area contributed by atoms with Gasteiger partial charge in [0, 0.05) is 34.8 Å². The minimum absolute atomic E-state index is 0.356. The van der Waals surface area contributed by atoms with Gasteiger partial charge in [0.1, 0.15) is 0 Å². The number of alkyl halides is 9. The minimum atomic E-state index is -4.76. The fourth-order valence-electron chi connectivity index (χ4n) is 3.96. The molecule has 3 nitrogen and oxygen atoms in total. The summed E-state index contributed by atoms with van der Waals surface area (Å²) >= 11 is 0. The number of hydrogen-bond donors (Lipinski definition) is 0. The third-order valence-electron chi connectivity index (χ3n) is 5.96. The highest BCUT2D eigenvalue weighted by Gasteiger charge is 2.34. The van der Waals surface area contributed by atoms with Gasteiger partial charge in [0.05, 0.1) is 25.5 Å². The van der Waals surface area contributed by atoms with Crippen molar-refractivity contribution in [2.75, 3.05) is 0 Å². The molecule has 0 bridgehead atoms. The molecule has 0 atom stereocenters. The van der Waals surface area contributed by atoms with Gasteiger partial charge in [-0.25, -0.2) is 0 Å². The van der Waals surface area contributed by atoms with Gasteiger partial charge < -0.3 is 0 Å². The van der Waals surface area contributed by atoms with Gasteiger partial charge in [0.25, 0.3) is 0 Å². The average molecular weight is 591 g/mol. The maximum atomic E-state index is 13.1. The molecule has 3 aromatic rings. The molecule has 3 aromatic carbocycles. The van der Waals surface area contributed by atoms with Crippen molar-refractivity contribution in [2.24, 2.45) is 0 Å². The molecule has 0 saturated carbocycles. The van der Waals surface area contributed by atoms with Crippen LogP contribution in [0, 0.1) is 0 Å². The van der Waals surface area contributed by atoms with Crippen molar-refractivity contribution in [1.82, 2.24) is 0 Å². The van der Waals surface area contributed by atoms with Gasteiger partial charge in [0.15, 0.2) is 17.3 Å². The summed E-state index contributed by atoms with van der Waals surface area (Å²) in [5, 5.41) is 0. The topological polar surface area (TPSA) is 51.2 Å². The van der Waals surface area contributed by atoms with Gasteiger partial charge in [-0.2, -0.15) is 39.5 Å². The lowest BCUT2D eigenvalue weighted by Crippen LogP contribution is -2.25. The number of Topliss-reactive ketones (excluding diaryl/α,β-unsaturated/α-hetero) is 3. The molecule has 0 unspecified atom stereocenters. The van der Waals surface area contributed by atoms with Crippen LogP contribution in [0.2, 0.25) is 18.1 Å². The van der Waals surface area contributed by atoms with Gasteiger partial charge >= 0.3 is 18.5 Å². The Hall–Kier alpha value is -3.74. The van der Waals surface area contributed by atoms with Crippen LogP contribution in [-0.4, -0.2) is 26.1 Å². The van der Waals surface area contributed by atoms with E-state index in [1.54, 1.807) is 0 Å². The Bertz CT molecular complexity index is 1240. The summed E-state index contributed by atoms with van der Waals surface area (Å²) < 4.78 is 118. The second-order valence-electron chi connectivity index (χ2n) is 8.98. The molecule has 0 heterocycles. The molecular formula is C27H19F9O3Si. The highest BCUT2D eigenvalue weighted by molar-refractivity contribution is 6.70. The van der Waals surface area contributed by atoms with Crippen LogP contribution in [0.3, 0.4) is 0 Å². The molecule has 0 amide bonds. The summed E-state index contributed by atoms with van der Waals surface area (Å²) in [5.41, 5.74) is -4.41. The molecule has 40 heavy (non-hydrogen) atoms. The Labute approximate surface area is 223 Å². The van der Waals surface area contributed by atoms with Gasteiger partial charge in [-0.3, -0.25) is 14.4 Å². The fraction of sp³-hybridized carbons (Fsp3) is 0.222. The van der Waals surface area contributed by atoms with E-state index in [-0.39, 0.29) is 16.7 Å². The molecule has 0 N–H and O–H groups in total. The van der Waals surface area contributed by atoms with Crippen LogP contribution < -0.4 is 0 Å². The number of benzene rings is 3. The van der Waals surface area contributed by atoms with E-state index in [0.29, 0.717) is 18.2 Å². The molecule has 3 rings (SSSR count).